The van der Waals surface area contributed by atoms with E-state index in [0.29, 0.717) is 11.4 Å². The molecule has 0 saturated carbocycles. The first-order chi connectivity index (χ1) is 17.2. The number of rotatable bonds is 10. The Kier molecular flexibility index (Phi) is 10.1. The molecule has 0 saturated heterocycles. The van der Waals surface area contributed by atoms with Crippen LogP contribution < -0.4 is 5.32 Å². The van der Waals surface area contributed by atoms with Gasteiger partial charge >= 0.3 is 5.97 Å². The number of carbonyl (C=O) groups excluding carboxylic acids is 3. The van der Waals surface area contributed by atoms with Gasteiger partial charge in [-0.2, -0.15) is 0 Å². The number of benzene rings is 1. The molecular formula is C29H43N3O4S. The molecule has 0 aliphatic heterocycles. The van der Waals surface area contributed by atoms with E-state index in [4.69, 9.17) is 4.74 Å². The highest BCUT2D eigenvalue weighted by atomic mass is 32.1. The van der Waals surface area contributed by atoms with Crippen molar-refractivity contribution in [3.8, 4) is 0 Å². The lowest BCUT2D eigenvalue weighted by atomic mass is 9.71. The minimum absolute atomic E-state index is 0.0299. The zero-order valence-corrected chi connectivity index (χ0v) is 24.7. The number of thiazole rings is 1. The lowest BCUT2D eigenvalue weighted by Crippen LogP contribution is -2.57. The Morgan fingerprint density at radius 3 is 2.16 bits per heavy atom. The number of nitrogens with one attached hydrogen (secondary N) is 1. The van der Waals surface area contributed by atoms with Gasteiger partial charge in [-0.3, -0.25) is 9.59 Å². The number of ether oxygens (including phenoxy) is 1. The summed E-state index contributed by atoms with van der Waals surface area (Å²) in [6.07, 6.45) is 0.638. The number of esters is 1. The molecule has 8 heteroatoms. The molecule has 3 atom stereocenters. The minimum atomic E-state index is -0.744. The third-order valence-electron chi connectivity index (χ3n) is 7.08. The third kappa shape index (κ3) is 6.98. The molecule has 0 bridgehead atoms. The van der Waals surface area contributed by atoms with Crippen molar-refractivity contribution in [1.29, 1.82) is 0 Å². The van der Waals surface area contributed by atoms with Crippen molar-refractivity contribution in [3.63, 3.8) is 0 Å². The van der Waals surface area contributed by atoms with E-state index < -0.39 is 22.8 Å². The van der Waals surface area contributed by atoms with Gasteiger partial charge in [0.2, 0.25) is 11.8 Å². The average Bonchev–Trinajstić information content (AvgIpc) is 3.31. The molecule has 1 N–H and O–H groups in total. The van der Waals surface area contributed by atoms with Crippen molar-refractivity contribution in [2.24, 2.45) is 17.3 Å². The van der Waals surface area contributed by atoms with Gasteiger partial charge in [0, 0.05) is 23.8 Å². The van der Waals surface area contributed by atoms with Crippen LogP contribution in [0.1, 0.15) is 88.9 Å². The summed E-state index contributed by atoms with van der Waals surface area (Å²) in [5.74, 6) is -1.13. The molecule has 37 heavy (non-hydrogen) atoms. The SMILES string of the molecule is CC[C@H](C(=O)N[C@H](C(=O)N(C)[C@H](c1nc(C(=O)OC)cs1)C(C)C)C(C)(C)C)C(C)(C)c1ccccc1. The molecule has 0 radical (unpaired) electrons. The molecular weight excluding hydrogens is 486 g/mol. The first kappa shape index (κ1) is 30.5. The first-order valence-corrected chi connectivity index (χ1v) is 13.7. The Balaban J connectivity index is 2.36. The summed E-state index contributed by atoms with van der Waals surface area (Å²) in [6.45, 7) is 16.0. The summed E-state index contributed by atoms with van der Waals surface area (Å²) < 4.78 is 4.79. The predicted molar refractivity (Wildman–Crippen MR) is 148 cm³/mol. The fraction of sp³-hybridized carbons (Fsp3) is 0.586. The van der Waals surface area contributed by atoms with E-state index in [1.807, 2.05) is 71.9 Å². The fourth-order valence-corrected chi connectivity index (χ4v) is 5.95. The number of aromatic nitrogens is 1. The van der Waals surface area contributed by atoms with Crippen LogP contribution in [0.2, 0.25) is 0 Å². The van der Waals surface area contributed by atoms with E-state index in [2.05, 4.69) is 24.1 Å². The largest absolute Gasteiger partial charge is 0.464 e. The molecule has 204 valence electrons. The van der Waals surface area contributed by atoms with Crippen LogP contribution in [-0.4, -0.2) is 47.9 Å². The van der Waals surface area contributed by atoms with E-state index in [0.717, 1.165) is 5.56 Å². The Hall–Kier alpha value is -2.74. The van der Waals surface area contributed by atoms with Crippen LogP contribution in [0.3, 0.4) is 0 Å². The Morgan fingerprint density at radius 2 is 1.68 bits per heavy atom. The second kappa shape index (κ2) is 12.2. The van der Waals surface area contributed by atoms with Gasteiger partial charge in [0.25, 0.3) is 0 Å². The zero-order valence-electron chi connectivity index (χ0n) is 23.9. The Morgan fingerprint density at radius 1 is 1.08 bits per heavy atom. The third-order valence-corrected chi connectivity index (χ3v) is 7.99. The molecule has 0 fully saturated rings. The molecule has 1 aromatic heterocycles. The molecule has 0 spiro atoms. The van der Waals surface area contributed by atoms with Crippen molar-refractivity contribution in [2.45, 2.75) is 79.3 Å². The topological polar surface area (TPSA) is 88.6 Å². The molecule has 7 nitrogen and oxygen atoms in total. The number of nitrogens with zero attached hydrogens (tertiary/aromatic N) is 2. The summed E-state index contributed by atoms with van der Waals surface area (Å²) in [5, 5.41) is 5.42. The summed E-state index contributed by atoms with van der Waals surface area (Å²) in [7, 11) is 3.05. The van der Waals surface area contributed by atoms with E-state index in [1.165, 1.54) is 18.4 Å². The molecule has 2 rings (SSSR count). The summed E-state index contributed by atoms with van der Waals surface area (Å²) >= 11 is 1.32. The van der Waals surface area contributed by atoms with Gasteiger partial charge in [0.15, 0.2) is 5.69 Å². The number of amides is 2. The molecule has 0 aliphatic carbocycles. The van der Waals surface area contributed by atoms with Crippen molar-refractivity contribution in [2.75, 3.05) is 14.2 Å². The maximum Gasteiger partial charge on any atom is 0.357 e. The van der Waals surface area contributed by atoms with Crippen LogP contribution in [-0.2, 0) is 19.7 Å². The van der Waals surface area contributed by atoms with Crippen LogP contribution in [0, 0.1) is 17.3 Å². The van der Waals surface area contributed by atoms with Gasteiger partial charge in [0.1, 0.15) is 11.0 Å². The molecule has 0 unspecified atom stereocenters. The number of hydrogen-bond acceptors (Lipinski definition) is 6. The molecule has 2 aromatic rings. The van der Waals surface area contributed by atoms with Gasteiger partial charge < -0.3 is 15.0 Å². The van der Waals surface area contributed by atoms with Crippen LogP contribution in [0.25, 0.3) is 0 Å². The highest BCUT2D eigenvalue weighted by molar-refractivity contribution is 7.09. The van der Waals surface area contributed by atoms with Crippen LogP contribution in [0.15, 0.2) is 35.7 Å². The molecule has 2 amide bonds. The maximum absolute atomic E-state index is 14.0. The fourth-order valence-electron chi connectivity index (χ4n) is 4.84. The van der Waals surface area contributed by atoms with Gasteiger partial charge in [-0.05, 0) is 23.3 Å². The van der Waals surface area contributed by atoms with E-state index in [9.17, 15) is 14.4 Å². The standard InChI is InChI=1S/C29H43N3O4S/c1-11-20(29(7,8)19-15-13-12-14-16-19)24(33)31-23(28(4,5)6)26(34)32(9)22(18(2)3)25-30-21(17-37-25)27(35)36-10/h12-18,20,22-23H,11H2,1-10H3,(H,31,33)/t20-,22+,23-/m1/s1. The summed E-state index contributed by atoms with van der Waals surface area (Å²) in [4.78, 5) is 45.8. The zero-order chi connectivity index (χ0) is 28.1. The summed E-state index contributed by atoms with van der Waals surface area (Å²) in [5.41, 5.74) is 0.363. The molecule has 1 heterocycles. The minimum Gasteiger partial charge on any atom is -0.464 e. The Labute approximate surface area is 226 Å². The number of likely N-dealkylation sites (N-methyl/N-ethyl adjacent to an activating group) is 1. The van der Waals surface area contributed by atoms with Crippen LogP contribution in [0.4, 0.5) is 0 Å². The number of hydrogen-bond donors (Lipinski definition) is 1. The van der Waals surface area contributed by atoms with Crippen molar-refractivity contribution in [3.05, 3.63) is 52.0 Å². The van der Waals surface area contributed by atoms with E-state index in [-0.39, 0.29) is 35.4 Å². The summed E-state index contributed by atoms with van der Waals surface area (Å²) in [6, 6.07) is 8.90. The first-order valence-electron chi connectivity index (χ1n) is 12.8. The monoisotopic (exact) mass is 529 g/mol. The van der Waals surface area contributed by atoms with Crippen LogP contribution in [0.5, 0.6) is 0 Å². The van der Waals surface area contributed by atoms with Crippen LogP contribution >= 0.6 is 11.3 Å². The normalized spacial score (nSPS) is 14.6. The van der Waals surface area contributed by atoms with Crippen molar-refractivity contribution < 1.29 is 19.1 Å². The quantitative estimate of drug-likeness (QED) is 0.404. The van der Waals surface area contributed by atoms with Gasteiger partial charge in [-0.1, -0.05) is 85.7 Å². The van der Waals surface area contributed by atoms with Gasteiger partial charge in [-0.25, -0.2) is 9.78 Å². The smallest absolute Gasteiger partial charge is 0.357 e. The molecule has 0 aliphatic rings. The average molecular weight is 530 g/mol. The van der Waals surface area contributed by atoms with Crippen molar-refractivity contribution >= 4 is 29.1 Å². The number of carbonyl (C=O) groups is 3. The van der Waals surface area contributed by atoms with E-state index in [1.54, 1.807) is 17.3 Å². The van der Waals surface area contributed by atoms with Crippen molar-refractivity contribution in [1.82, 2.24) is 15.2 Å². The molecule has 1 aromatic carbocycles. The maximum atomic E-state index is 14.0. The predicted octanol–water partition coefficient (Wildman–Crippen LogP) is 5.62. The second-order valence-electron chi connectivity index (χ2n) is 11.6. The van der Waals surface area contributed by atoms with Gasteiger partial charge in [0.05, 0.1) is 13.2 Å². The Bertz CT molecular complexity index is 1070. The second-order valence-corrected chi connectivity index (χ2v) is 12.4. The van der Waals surface area contributed by atoms with Gasteiger partial charge in [-0.15, -0.1) is 11.3 Å². The van der Waals surface area contributed by atoms with E-state index >= 15 is 0 Å². The highest BCUT2D eigenvalue weighted by Crippen LogP contribution is 2.36. The highest BCUT2D eigenvalue weighted by Gasteiger charge is 2.42. The number of methoxy groups -OCH3 is 1. The lowest BCUT2D eigenvalue weighted by Gasteiger charge is -2.40. The lowest BCUT2D eigenvalue weighted by molar-refractivity contribution is -0.142.